The average molecular weight is 238 g/mol. The van der Waals surface area contributed by atoms with E-state index in [2.05, 4.69) is 0 Å². The maximum atomic E-state index is 12.4. The van der Waals surface area contributed by atoms with Crippen LogP contribution in [0.3, 0.4) is 0 Å². The molecule has 4 heteroatoms. The van der Waals surface area contributed by atoms with Crippen molar-refractivity contribution in [3.8, 4) is 0 Å². The molecule has 0 bridgehead atoms. The first kappa shape index (κ1) is 11.5. The zero-order chi connectivity index (χ0) is 11.9. The molecular weight excluding hydrogens is 216 g/mol. The zero-order valence-corrected chi connectivity index (χ0v) is 10.4. The van der Waals surface area contributed by atoms with Crippen LogP contribution >= 0.6 is 0 Å². The van der Waals surface area contributed by atoms with E-state index in [-0.39, 0.29) is 11.5 Å². The highest BCUT2D eigenvalue weighted by molar-refractivity contribution is 5.79. The van der Waals surface area contributed by atoms with Gasteiger partial charge >= 0.3 is 0 Å². The Morgan fingerprint density at radius 2 is 2.06 bits per heavy atom. The fourth-order valence-corrected chi connectivity index (χ4v) is 3.71. The van der Waals surface area contributed by atoms with Gasteiger partial charge in [-0.3, -0.25) is 4.79 Å². The lowest BCUT2D eigenvalue weighted by Gasteiger charge is -2.28. The van der Waals surface area contributed by atoms with Crippen LogP contribution in [0.4, 0.5) is 0 Å². The van der Waals surface area contributed by atoms with Crippen molar-refractivity contribution in [2.75, 3.05) is 26.3 Å². The van der Waals surface area contributed by atoms with Gasteiger partial charge in [-0.2, -0.15) is 0 Å². The maximum absolute atomic E-state index is 12.4. The van der Waals surface area contributed by atoms with Crippen molar-refractivity contribution in [3.63, 3.8) is 0 Å². The van der Waals surface area contributed by atoms with E-state index in [0.717, 1.165) is 45.6 Å². The smallest absolute Gasteiger partial charge is 0.225 e. The van der Waals surface area contributed by atoms with E-state index >= 15 is 0 Å². The highest BCUT2D eigenvalue weighted by atomic mass is 16.5. The number of likely N-dealkylation sites (tertiary alicyclic amines) is 1. The van der Waals surface area contributed by atoms with E-state index in [4.69, 9.17) is 10.5 Å². The molecule has 1 amide bonds. The van der Waals surface area contributed by atoms with Gasteiger partial charge in [-0.05, 0) is 31.6 Å². The van der Waals surface area contributed by atoms with Crippen LogP contribution in [0.15, 0.2) is 0 Å². The second kappa shape index (κ2) is 4.25. The number of carbonyl (C=O) groups excluding carboxylic acids is 1. The minimum Gasteiger partial charge on any atom is -0.381 e. The Bertz CT molecular complexity index is 315. The molecule has 3 fully saturated rings. The molecule has 0 aromatic rings. The lowest BCUT2D eigenvalue weighted by atomic mass is 9.92. The van der Waals surface area contributed by atoms with Crippen LogP contribution in [0.25, 0.3) is 0 Å². The van der Waals surface area contributed by atoms with Gasteiger partial charge in [0.2, 0.25) is 5.91 Å². The normalized spacial score (nSPS) is 38.4. The molecule has 4 nitrogen and oxygen atoms in total. The number of nitrogens with two attached hydrogens (primary N) is 1. The number of ether oxygens (including phenoxy) is 1. The first-order valence-electron chi connectivity index (χ1n) is 6.84. The molecule has 0 aromatic heterocycles. The fraction of sp³-hybridized carbons (Fsp3) is 0.923. The minimum absolute atomic E-state index is 0.0686. The van der Waals surface area contributed by atoms with E-state index in [1.807, 2.05) is 4.90 Å². The topological polar surface area (TPSA) is 55.6 Å². The zero-order valence-electron chi connectivity index (χ0n) is 10.4. The first-order chi connectivity index (χ1) is 8.19. The van der Waals surface area contributed by atoms with Gasteiger partial charge in [0.25, 0.3) is 0 Å². The molecule has 0 radical (unpaired) electrons. The summed E-state index contributed by atoms with van der Waals surface area (Å²) in [5, 5.41) is 0. The van der Waals surface area contributed by atoms with Gasteiger partial charge in [-0.25, -0.2) is 0 Å². The van der Waals surface area contributed by atoms with E-state index in [9.17, 15) is 4.79 Å². The summed E-state index contributed by atoms with van der Waals surface area (Å²) in [4.78, 5) is 14.4. The number of amides is 1. The van der Waals surface area contributed by atoms with Crippen molar-refractivity contribution in [1.29, 1.82) is 0 Å². The van der Waals surface area contributed by atoms with Crippen LogP contribution in [0.2, 0.25) is 0 Å². The van der Waals surface area contributed by atoms with Crippen molar-refractivity contribution in [2.45, 2.75) is 37.6 Å². The molecular formula is C13H22N2O2. The molecule has 3 aliphatic rings. The third-order valence-electron chi connectivity index (χ3n) is 4.82. The number of carbonyl (C=O) groups is 1. The Hall–Kier alpha value is -0.610. The number of rotatable bonds is 1. The van der Waals surface area contributed by atoms with Crippen molar-refractivity contribution in [1.82, 2.24) is 4.90 Å². The van der Waals surface area contributed by atoms with Gasteiger partial charge in [0.1, 0.15) is 0 Å². The molecule has 2 heterocycles. The molecule has 1 saturated carbocycles. The maximum Gasteiger partial charge on any atom is 0.225 e. The van der Waals surface area contributed by atoms with Crippen LogP contribution in [-0.4, -0.2) is 42.6 Å². The molecule has 0 aromatic carbocycles. The van der Waals surface area contributed by atoms with Gasteiger partial charge in [-0.1, -0.05) is 6.42 Å². The van der Waals surface area contributed by atoms with Crippen LogP contribution in [0.5, 0.6) is 0 Å². The summed E-state index contributed by atoms with van der Waals surface area (Å²) in [7, 11) is 0. The monoisotopic (exact) mass is 238 g/mol. The third kappa shape index (κ3) is 1.97. The summed E-state index contributed by atoms with van der Waals surface area (Å²) in [6, 6.07) is 0. The van der Waals surface area contributed by atoms with Crippen LogP contribution in [0, 0.1) is 11.8 Å². The molecule has 0 spiro atoms. The predicted octanol–water partition coefficient (Wildman–Crippen LogP) is 0.753. The Morgan fingerprint density at radius 3 is 2.76 bits per heavy atom. The fourth-order valence-electron chi connectivity index (χ4n) is 3.71. The highest BCUT2D eigenvalue weighted by Crippen LogP contribution is 2.40. The standard InChI is InChI=1S/C13H22N2O2/c14-13-5-1-2-11(13)8-15(9-13)12(16)10-3-6-17-7-4-10/h10-11H,1-9,14H2. The van der Waals surface area contributed by atoms with Gasteiger partial charge in [0.15, 0.2) is 0 Å². The van der Waals surface area contributed by atoms with E-state index in [1.165, 1.54) is 12.8 Å². The van der Waals surface area contributed by atoms with E-state index in [1.54, 1.807) is 0 Å². The minimum atomic E-state index is -0.0686. The lowest BCUT2D eigenvalue weighted by Crippen LogP contribution is -2.46. The summed E-state index contributed by atoms with van der Waals surface area (Å²) >= 11 is 0. The SMILES string of the molecule is NC12CCCC1CN(C(=O)C1CCOCC1)C2. The van der Waals surface area contributed by atoms with Gasteiger partial charge in [0, 0.05) is 37.8 Å². The lowest BCUT2D eigenvalue weighted by molar-refractivity contribution is -0.137. The van der Waals surface area contributed by atoms with E-state index in [0.29, 0.717) is 11.8 Å². The molecule has 2 unspecified atom stereocenters. The highest BCUT2D eigenvalue weighted by Gasteiger charge is 2.48. The van der Waals surface area contributed by atoms with Crippen molar-refractivity contribution in [2.24, 2.45) is 17.6 Å². The Kier molecular flexibility index (Phi) is 2.87. The quantitative estimate of drug-likeness (QED) is 0.733. The van der Waals surface area contributed by atoms with Crippen LogP contribution < -0.4 is 5.73 Å². The van der Waals surface area contributed by atoms with Gasteiger partial charge < -0.3 is 15.4 Å². The number of nitrogens with zero attached hydrogens (tertiary/aromatic N) is 1. The van der Waals surface area contributed by atoms with E-state index < -0.39 is 0 Å². The number of hydrogen-bond acceptors (Lipinski definition) is 3. The summed E-state index contributed by atoms with van der Waals surface area (Å²) in [6.07, 6.45) is 5.30. The molecule has 2 aliphatic heterocycles. The summed E-state index contributed by atoms with van der Waals surface area (Å²) in [5.74, 6) is 1.06. The number of hydrogen-bond donors (Lipinski definition) is 1. The first-order valence-corrected chi connectivity index (χ1v) is 6.84. The largest absolute Gasteiger partial charge is 0.381 e. The van der Waals surface area contributed by atoms with Crippen molar-refractivity contribution < 1.29 is 9.53 Å². The van der Waals surface area contributed by atoms with Crippen molar-refractivity contribution >= 4 is 5.91 Å². The average Bonchev–Trinajstić information content (AvgIpc) is 2.84. The second-order valence-electron chi connectivity index (χ2n) is 5.93. The Balaban J connectivity index is 1.64. The van der Waals surface area contributed by atoms with Gasteiger partial charge in [-0.15, -0.1) is 0 Å². The molecule has 3 rings (SSSR count). The molecule has 2 atom stereocenters. The summed E-state index contributed by atoms with van der Waals surface area (Å²) in [5.41, 5.74) is 6.33. The molecule has 96 valence electrons. The van der Waals surface area contributed by atoms with Crippen molar-refractivity contribution in [3.05, 3.63) is 0 Å². The summed E-state index contributed by atoms with van der Waals surface area (Å²) in [6.45, 7) is 3.16. The Labute approximate surface area is 102 Å². The molecule has 2 N–H and O–H groups in total. The molecule has 1 aliphatic carbocycles. The molecule has 2 saturated heterocycles. The van der Waals surface area contributed by atoms with Crippen LogP contribution in [-0.2, 0) is 9.53 Å². The van der Waals surface area contributed by atoms with Gasteiger partial charge in [0.05, 0.1) is 0 Å². The van der Waals surface area contributed by atoms with Crippen LogP contribution in [0.1, 0.15) is 32.1 Å². The number of fused-ring (bicyclic) bond motifs is 1. The molecule has 17 heavy (non-hydrogen) atoms. The second-order valence-corrected chi connectivity index (χ2v) is 5.93. The Morgan fingerprint density at radius 1 is 1.29 bits per heavy atom. The predicted molar refractivity (Wildman–Crippen MR) is 64.4 cm³/mol. The third-order valence-corrected chi connectivity index (χ3v) is 4.82. The summed E-state index contributed by atoms with van der Waals surface area (Å²) < 4.78 is 5.31.